The number of ether oxygens (including phenoxy) is 1. The summed E-state index contributed by atoms with van der Waals surface area (Å²) in [7, 11) is 0. The molecule has 2 fully saturated rings. The zero-order chi connectivity index (χ0) is 21.9. The molecule has 1 aromatic carbocycles. The maximum Gasteiger partial charge on any atom is 0.319 e. The van der Waals surface area contributed by atoms with E-state index >= 15 is 0 Å². The predicted octanol–water partition coefficient (Wildman–Crippen LogP) is 3.63. The summed E-state index contributed by atoms with van der Waals surface area (Å²) in [4.78, 5) is 26.7. The van der Waals surface area contributed by atoms with Crippen LogP contribution in [-0.4, -0.2) is 61.4 Å². The van der Waals surface area contributed by atoms with Crippen molar-refractivity contribution in [1.82, 2.24) is 15.3 Å². The normalized spacial score (nSPS) is 17.5. The number of fused-ring (bicyclic) bond motifs is 1. The lowest BCUT2D eigenvalue weighted by molar-refractivity contribution is 0.122. The van der Waals surface area contributed by atoms with E-state index in [2.05, 4.69) is 31.9 Å². The number of aryl methyl sites for hydroxylation is 1. The first-order valence-electron chi connectivity index (χ1n) is 11.1. The van der Waals surface area contributed by atoms with Crippen molar-refractivity contribution in [3.63, 3.8) is 0 Å². The number of morpholine rings is 1. The van der Waals surface area contributed by atoms with Crippen molar-refractivity contribution in [2.24, 2.45) is 0 Å². The van der Waals surface area contributed by atoms with Gasteiger partial charge in [-0.2, -0.15) is 4.98 Å². The highest BCUT2D eigenvalue weighted by atomic mass is 32.1. The van der Waals surface area contributed by atoms with Crippen LogP contribution in [0, 0.1) is 6.92 Å². The number of carbonyl (C=O) groups is 1. The molecule has 2 aliphatic rings. The molecule has 168 valence electrons. The molecule has 2 saturated heterocycles. The van der Waals surface area contributed by atoms with Crippen LogP contribution in [0.1, 0.15) is 18.4 Å². The van der Waals surface area contributed by atoms with Crippen molar-refractivity contribution >= 4 is 45.0 Å². The number of piperidine rings is 1. The van der Waals surface area contributed by atoms with Gasteiger partial charge in [0.25, 0.3) is 0 Å². The van der Waals surface area contributed by atoms with Gasteiger partial charge in [-0.25, -0.2) is 9.78 Å². The Hall–Kier alpha value is -2.91. The van der Waals surface area contributed by atoms with Gasteiger partial charge in [0, 0.05) is 37.9 Å². The van der Waals surface area contributed by atoms with Crippen LogP contribution in [0.3, 0.4) is 0 Å². The Labute approximate surface area is 191 Å². The van der Waals surface area contributed by atoms with Crippen molar-refractivity contribution in [2.75, 3.05) is 54.5 Å². The van der Waals surface area contributed by atoms with E-state index in [9.17, 15) is 4.79 Å². The lowest BCUT2D eigenvalue weighted by Gasteiger charge is -2.33. The van der Waals surface area contributed by atoms with Crippen LogP contribution in [0.4, 0.5) is 22.2 Å². The van der Waals surface area contributed by atoms with E-state index in [0.717, 1.165) is 79.9 Å². The predicted molar refractivity (Wildman–Crippen MR) is 129 cm³/mol. The molecule has 0 saturated carbocycles. The molecule has 0 spiro atoms. The molecule has 2 aliphatic heterocycles. The van der Waals surface area contributed by atoms with Crippen LogP contribution in [0.2, 0.25) is 0 Å². The zero-order valence-electron chi connectivity index (χ0n) is 18.2. The van der Waals surface area contributed by atoms with Crippen molar-refractivity contribution in [2.45, 2.75) is 25.8 Å². The fourth-order valence-electron chi connectivity index (χ4n) is 4.18. The van der Waals surface area contributed by atoms with E-state index in [1.54, 1.807) is 11.3 Å². The summed E-state index contributed by atoms with van der Waals surface area (Å²) in [6.45, 7) is 6.82. The van der Waals surface area contributed by atoms with E-state index in [1.165, 1.54) is 5.56 Å². The summed E-state index contributed by atoms with van der Waals surface area (Å²) >= 11 is 1.69. The molecule has 0 aliphatic carbocycles. The monoisotopic (exact) mass is 452 g/mol. The molecular weight excluding hydrogens is 424 g/mol. The van der Waals surface area contributed by atoms with Gasteiger partial charge in [-0.15, -0.1) is 11.3 Å². The van der Waals surface area contributed by atoms with Gasteiger partial charge in [0.1, 0.15) is 0 Å². The molecule has 2 amide bonds. The summed E-state index contributed by atoms with van der Waals surface area (Å²) in [5, 5.41) is 8.10. The SMILES string of the molecule is Cc1ccc(NC(=O)NC2CCN(c3nc(N4CCOCC4)c4sccc4n3)CC2)cc1. The second kappa shape index (κ2) is 9.30. The third-order valence-corrected chi connectivity index (χ3v) is 6.91. The molecule has 0 atom stereocenters. The first-order chi connectivity index (χ1) is 15.7. The number of aromatic nitrogens is 2. The number of urea groups is 1. The van der Waals surface area contributed by atoms with Crippen molar-refractivity contribution < 1.29 is 9.53 Å². The molecule has 4 heterocycles. The fourth-order valence-corrected chi connectivity index (χ4v) is 5.03. The molecular formula is C23H28N6O2S. The molecule has 0 bridgehead atoms. The quantitative estimate of drug-likeness (QED) is 0.629. The highest BCUT2D eigenvalue weighted by Gasteiger charge is 2.25. The number of nitrogens with one attached hydrogen (secondary N) is 2. The molecule has 32 heavy (non-hydrogen) atoms. The van der Waals surface area contributed by atoms with Gasteiger partial charge >= 0.3 is 6.03 Å². The molecule has 8 nitrogen and oxygen atoms in total. The fraction of sp³-hybridized carbons (Fsp3) is 0.435. The molecule has 5 rings (SSSR count). The Bertz CT molecular complexity index is 1070. The topological polar surface area (TPSA) is 82.6 Å². The minimum atomic E-state index is -0.155. The second-order valence-electron chi connectivity index (χ2n) is 8.31. The first-order valence-corrected chi connectivity index (χ1v) is 12.0. The number of carbonyl (C=O) groups excluding carboxylic acids is 1. The van der Waals surface area contributed by atoms with E-state index < -0.39 is 0 Å². The third-order valence-electron chi connectivity index (χ3n) is 6.01. The summed E-state index contributed by atoms with van der Waals surface area (Å²) < 4.78 is 6.65. The Morgan fingerprint density at radius 3 is 2.53 bits per heavy atom. The third kappa shape index (κ3) is 4.63. The van der Waals surface area contributed by atoms with E-state index in [1.807, 2.05) is 31.2 Å². The summed E-state index contributed by atoms with van der Waals surface area (Å²) in [6.07, 6.45) is 1.72. The van der Waals surface area contributed by atoms with E-state index in [0.29, 0.717) is 0 Å². The number of anilines is 3. The summed E-state index contributed by atoms with van der Waals surface area (Å²) in [5.74, 6) is 1.79. The second-order valence-corrected chi connectivity index (χ2v) is 9.22. The van der Waals surface area contributed by atoms with E-state index in [-0.39, 0.29) is 12.1 Å². The standard InChI is InChI=1S/C23H28N6O2S/c1-16-2-4-17(5-3-16)24-23(30)25-18-6-9-29(10-7-18)22-26-19-8-15-32-20(19)21(27-22)28-11-13-31-14-12-28/h2-5,8,15,18H,6-7,9-14H2,1H3,(H2,24,25,30). The van der Waals surface area contributed by atoms with Crippen LogP contribution >= 0.6 is 11.3 Å². The van der Waals surface area contributed by atoms with Gasteiger partial charge in [0.2, 0.25) is 5.95 Å². The van der Waals surface area contributed by atoms with Gasteiger partial charge < -0.3 is 25.2 Å². The van der Waals surface area contributed by atoms with Crippen molar-refractivity contribution in [3.8, 4) is 0 Å². The zero-order valence-corrected chi connectivity index (χ0v) is 19.0. The molecule has 2 aromatic heterocycles. The average Bonchev–Trinajstić information content (AvgIpc) is 3.30. The number of hydrogen-bond donors (Lipinski definition) is 2. The Morgan fingerprint density at radius 2 is 1.78 bits per heavy atom. The minimum Gasteiger partial charge on any atom is -0.378 e. The maximum atomic E-state index is 12.4. The van der Waals surface area contributed by atoms with E-state index in [4.69, 9.17) is 14.7 Å². The van der Waals surface area contributed by atoms with Crippen LogP contribution in [0.25, 0.3) is 10.2 Å². The number of thiophene rings is 1. The van der Waals surface area contributed by atoms with Crippen LogP contribution in [-0.2, 0) is 4.74 Å². The highest BCUT2D eigenvalue weighted by molar-refractivity contribution is 7.17. The molecule has 0 radical (unpaired) electrons. The van der Waals surface area contributed by atoms with Gasteiger partial charge in [0.15, 0.2) is 5.82 Å². The number of benzene rings is 1. The van der Waals surface area contributed by atoms with Crippen LogP contribution in [0.5, 0.6) is 0 Å². The van der Waals surface area contributed by atoms with Crippen molar-refractivity contribution in [1.29, 1.82) is 0 Å². The highest BCUT2D eigenvalue weighted by Crippen LogP contribution is 2.32. The Balaban J connectivity index is 1.22. The number of rotatable bonds is 4. The van der Waals surface area contributed by atoms with Gasteiger partial charge in [-0.3, -0.25) is 0 Å². The van der Waals surface area contributed by atoms with Gasteiger partial charge in [-0.05, 0) is 43.3 Å². The molecule has 9 heteroatoms. The number of hydrogen-bond acceptors (Lipinski definition) is 7. The lowest BCUT2D eigenvalue weighted by Crippen LogP contribution is -2.46. The molecule has 2 N–H and O–H groups in total. The Kier molecular flexibility index (Phi) is 6.09. The number of amides is 2. The molecule has 0 unspecified atom stereocenters. The molecule has 3 aromatic rings. The lowest BCUT2D eigenvalue weighted by atomic mass is 10.1. The number of nitrogens with zero attached hydrogens (tertiary/aromatic N) is 4. The summed E-state index contributed by atoms with van der Waals surface area (Å²) in [5.41, 5.74) is 2.97. The Morgan fingerprint density at radius 1 is 1.03 bits per heavy atom. The maximum absolute atomic E-state index is 12.4. The van der Waals surface area contributed by atoms with Crippen LogP contribution in [0.15, 0.2) is 35.7 Å². The smallest absolute Gasteiger partial charge is 0.319 e. The minimum absolute atomic E-state index is 0.139. The largest absolute Gasteiger partial charge is 0.378 e. The van der Waals surface area contributed by atoms with Crippen LogP contribution < -0.4 is 20.4 Å². The van der Waals surface area contributed by atoms with Crippen molar-refractivity contribution in [3.05, 3.63) is 41.3 Å². The summed E-state index contributed by atoms with van der Waals surface area (Å²) in [6, 6.07) is 9.87. The first kappa shape index (κ1) is 21.0. The van der Waals surface area contributed by atoms with Gasteiger partial charge in [0.05, 0.1) is 23.4 Å². The average molecular weight is 453 g/mol. The van der Waals surface area contributed by atoms with Gasteiger partial charge in [-0.1, -0.05) is 17.7 Å².